The number of amides is 1. The van der Waals surface area contributed by atoms with E-state index in [1.165, 1.54) is 24.3 Å². The molecule has 0 heterocycles. The summed E-state index contributed by atoms with van der Waals surface area (Å²) < 4.78 is 0. The highest BCUT2D eigenvalue weighted by atomic mass is 35.5. The molecule has 108 valence electrons. The summed E-state index contributed by atoms with van der Waals surface area (Å²) in [5.74, 6) is -1.29. The molecule has 2 N–H and O–H groups in total. The summed E-state index contributed by atoms with van der Waals surface area (Å²) in [4.78, 5) is 22.7. The van der Waals surface area contributed by atoms with Gasteiger partial charge in [0.15, 0.2) is 0 Å². The molecule has 2 rings (SSSR count). The maximum Gasteiger partial charge on any atom is 0.335 e. The molecular formula is C15H11Cl2NO3. The van der Waals surface area contributed by atoms with Gasteiger partial charge < -0.3 is 10.4 Å². The van der Waals surface area contributed by atoms with E-state index in [2.05, 4.69) is 5.32 Å². The molecule has 0 unspecified atom stereocenters. The Morgan fingerprint density at radius 2 is 1.52 bits per heavy atom. The summed E-state index contributed by atoms with van der Waals surface area (Å²) in [6, 6.07) is 10.9. The second-order valence-electron chi connectivity index (χ2n) is 4.34. The fourth-order valence-corrected chi connectivity index (χ4v) is 2.26. The normalized spacial score (nSPS) is 10.2. The summed E-state index contributed by atoms with van der Waals surface area (Å²) in [5, 5.41) is 12.3. The van der Waals surface area contributed by atoms with Crippen LogP contribution in [0.4, 0.5) is 0 Å². The molecule has 0 aliphatic rings. The van der Waals surface area contributed by atoms with Crippen LogP contribution in [0, 0.1) is 0 Å². The van der Waals surface area contributed by atoms with Crippen molar-refractivity contribution in [3.63, 3.8) is 0 Å². The van der Waals surface area contributed by atoms with Crippen LogP contribution in [-0.2, 0) is 6.54 Å². The third-order valence-corrected chi connectivity index (χ3v) is 3.22. The van der Waals surface area contributed by atoms with Gasteiger partial charge in [0, 0.05) is 22.2 Å². The van der Waals surface area contributed by atoms with Crippen LogP contribution in [0.15, 0.2) is 42.5 Å². The van der Waals surface area contributed by atoms with Crippen LogP contribution in [0.3, 0.4) is 0 Å². The molecule has 1 amide bonds. The quantitative estimate of drug-likeness (QED) is 0.903. The molecule has 21 heavy (non-hydrogen) atoms. The number of carboxylic acid groups (broad SMARTS) is 1. The fourth-order valence-electron chi connectivity index (χ4n) is 1.73. The van der Waals surface area contributed by atoms with Gasteiger partial charge in [0.05, 0.1) is 5.56 Å². The monoisotopic (exact) mass is 323 g/mol. The largest absolute Gasteiger partial charge is 0.478 e. The summed E-state index contributed by atoms with van der Waals surface area (Å²) >= 11 is 11.7. The Bertz CT molecular complexity index is 664. The number of carbonyl (C=O) groups is 2. The van der Waals surface area contributed by atoms with Crippen molar-refractivity contribution in [2.24, 2.45) is 0 Å². The van der Waals surface area contributed by atoms with E-state index in [1.54, 1.807) is 18.2 Å². The Hall–Kier alpha value is -2.04. The number of aromatic carboxylic acids is 1. The van der Waals surface area contributed by atoms with E-state index >= 15 is 0 Å². The van der Waals surface area contributed by atoms with E-state index < -0.39 is 5.97 Å². The van der Waals surface area contributed by atoms with Crippen molar-refractivity contribution >= 4 is 35.1 Å². The second-order valence-corrected chi connectivity index (χ2v) is 5.22. The van der Waals surface area contributed by atoms with Gasteiger partial charge in [-0.1, -0.05) is 35.3 Å². The maximum atomic E-state index is 12.0. The molecule has 0 radical (unpaired) electrons. The van der Waals surface area contributed by atoms with Crippen molar-refractivity contribution in [3.05, 3.63) is 69.2 Å². The average Bonchev–Trinajstić information content (AvgIpc) is 2.44. The fraction of sp³-hybridized carbons (Fsp3) is 0.0667. The molecule has 0 aliphatic carbocycles. The van der Waals surface area contributed by atoms with Gasteiger partial charge in [0.25, 0.3) is 5.91 Å². The minimum absolute atomic E-state index is 0.201. The first-order chi connectivity index (χ1) is 9.95. The van der Waals surface area contributed by atoms with E-state index in [0.717, 1.165) is 5.56 Å². The van der Waals surface area contributed by atoms with Crippen molar-refractivity contribution in [1.29, 1.82) is 0 Å². The Morgan fingerprint density at radius 3 is 2.05 bits per heavy atom. The van der Waals surface area contributed by atoms with Gasteiger partial charge in [-0.25, -0.2) is 4.79 Å². The van der Waals surface area contributed by atoms with E-state index in [-0.39, 0.29) is 18.0 Å². The van der Waals surface area contributed by atoms with Gasteiger partial charge >= 0.3 is 5.97 Å². The first-order valence-corrected chi connectivity index (χ1v) is 6.78. The number of rotatable bonds is 4. The highest BCUT2D eigenvalue weighted by Crippen LogP contribution is 2.19. The Morgan fingerprint density at radius 1 is 0.952 bits per heavy atom. The molecular weight excluding hydrogens is 313 g/mol. The van der Waals surface area contributed by atoms with Crippen molar-refractivity contribution in [2.75, 3.05) is 0 Å². The molecule has 0 bridgehead atoms. The maximum absolute atomic E-state index is 12.0. The first-order valence-electron chi connectivity index (χ1n) is 6.02. The minimum atomic E-state index is -0.987. The van der Waals surface area contributed by atoms with E-state index in [9.17, 15) is 9.59 Å². The first kappa shape index (κ1) is 15.4. The molecule has 0 spiro atoms. The van der Waals surface area contributed by atoms with Crippen LogP contribution in [0.2, 0.25) is 10.0 Å². The van der Waals surface area contributed by atoms with Gasteiger partial charge in [-0.05, 0) is 35.9 Å². The van der Waals surface area contributed by atoms with Gasteiger partial charge in [-0.3, -0.25) is 4.79 Å². The number of nitrogens with one attached hydrogen (secondary N) is 1. The van der Waals surface area contributed by atoms with Crippen LogP contribution in [0.1, 0.15) is 26.3 Å². The zero-order valence-corrected chi connectivity index (χ0v) is 12.3. The SMILES string of the molecule is O=C(O)c1ccc(CNC(=O)c2cc(Cl)cc(Cl)c2)cc1. The Labute approximate surface area is 131 Å². The molecule has 0 aliphatic heterocycles. The number of carbonyl (C=O) groups excluding carboxylic acids is 1. The van der Waals surface area contributed by atoms with E-state index in [4.69, 9.17) is 28.3 Å². The number of hydrogen-bond acceptors (Lipinski definition) is 2. The number of benzene rings is 2. The summed E-state index contributed by atoms with van der Waals surface area (Å²) in [6.45, 7) is 0.281. The zero-order valence-electron chi connectivity index (χ0n) is 10.8. The second kappa shape index (κ2) is 6.61. The Balaban J connectivity index is 2.02. The topological polar surface area (TPSA) is 66.4 Å². The van der Waals surface area contributed by atoms with E-state index in [1.807, 2.05) is 0 Å². The summed E-state index contributed by atoms with van der Waals surface area (Å²) in [6.07, 6.45) is 0. The summed E-state index contributed by atoms with van der Waals surface area (Å²) in [7, 11) is 0. The molecule has 6 heteroatoms. The Kier molecular flexibility index (Phi) is 4.83. The highest BCUT2D eigenvalue weighted by molar-refractivity contribution is 6.35. The molecule has 0 aromatic heterocycles. The van der Waals surface area contributed by atoms with Gasteiger partial charge in [-0.2, -0.15) is 0 Å². The van der Waals surface area contributed by atoms with Gasteiger partial charge in [-0.15, -0.1) is 0 Å². The standard InChI is InChI=1S/C15H11Cl2NO3/c16-12-5-11(6-13(17)7-12)14(19)18-8-9-1-3-10(4-2-9)15(20)21/h1-7H,8H2,(H,18,19)(H,20,21). The number of halogens is 2. The smallest absolute Gasteiger partial charge is 0.335 e. The minimum Gasteiger partial charge on any atom is -0.478 e. The molecule has 2 aromatic rings. The predicted octanol–water partition coefficient (Wildman–Crippen LogP) is 3.62. The van der Waals surface area contributed by atoms with Crippen molar-refractivity contribution in [1.82, 2.24) is 5.32 Å². The number of carboxylic acids is 1. The molecule has 0 saturated carbocycles. The summed E-state index contributed by atoms with van der Waals surface area (Å²) in [5.41, 5.74) is 1.36. The third-order valence-electron chi connectivity index (χ3n) is 2.78. The predicted molar refractivity (Wildman–Crippen MR) is 81.0 cm³/mol. The zero-order chi connectivity index (χ0) is 15.4. The van der Waals surface area contributed by atoms with Crippen molar-refractivity contribution in [3.8, 4) is 0 Å². The van der Waals surface area contributed by atoms with E-state index in [0.29, 0.717) is 15.6 Å². The third kappa shape index (κ3) is 4.21. The molecule has 0 fully saturated rings. The van der Waals surface area contributed by atoms with Crippen LogP contribution in [0.5, 0.6) is 0 Å². The van der Waals surface area contributed by atoms with Crippen LogP contribution < -0.4 is 5.32 Å². The lowest BCUT2D eigenvalue weighted by Gasteiger charge is -2.06. The van der Waals surface area contributed by atoms with Crippen LogP contribution in [0.25, 0.3) is 0 Å². The highest BCUT2D eigenvalue weighted by Gasteiger charge is 2.08. The molecule has 0 atom stereocenters. The van der Waals surface area contributed by atoms with Gasteiger partial charge in [0.1, 0.15) is 0 Å². The van der Waals surface area contributed by atoms with Gasteiger partial charge in [0.2, 0.25) is 0 Å². The number of hydrogen-bond donors (Lipinski definition) is 2. The van der Waals surface area contributed by atoms with Crippen molar-refractivity contribution in [2.45, 2.75) is 6.54 Å². The average molecular weight is 324 g/mol. The van der Waals surface area contributed by atoms with Crippen LogP contribution in [-0.4, -0.2) is 17.0 Å². The molecule has 4 nitrogen and oxygen atoms in total. The van der Waals surface area contributed by atoms with Crippen LogP contribution >= 0.6 is 23.2 Å². The molecule has 2 aromatic carbocycles. The lowest BCUT2D eigenvalue weighted by Crippen LogP contribution is -2.22. The lowest BCUT2D eigenvalue weighted by atomic mass is 10.1. The lowest BCUT2D eigenvalue weighted by molar-refractivity contribution is 0.0696. The molecule has 0 saturated heterocycles. The van der Waals surface area contributed by atoms with Crippen molar-refractivity contribution < 1.29 is 14.7 Å².